The second kappa shape index (κ2) is 6.33. The van der Waals surface area contributed by atoms with E-state index < -0.39 is 0 Å². The molecule has 76 valence electrons. The molecule has 0 unspecified atom stereocenters. The van der Waals surface area contributed by atoms with Crippen LogP contribution in [0.2, 0.25) is 0 Å². The van der Waals surface area contributed by atoms with Crippen molar-refractivity contribution in [3.05, 3.63) is 42.7 Å². The maximum absolute atomic E-state index is 4.25. The van der Waals surface area contributed by atoms with E-state index >= 15 is 0 Å². The van der Waals surface area contributed by atoms with E-state index in [9.17, 15) is 0 Å². The molecule has 0 fully saturated rings. The van der Waals surface area contributed by atoms with Crippen LogP contribution in [-0.2, 0) is 6.54 Å². The molecule has 14 heavy (non-hydrogen) atoms. The van der Waals surface area contributed by atoms with Crippen molar-refractivity contribution < 1.29 is 0 Å². The van der Waals surface area contributed by atoms with E-state index in [1.807, 2.05) is 30.5 Å². The van der Waals surface area contributed by atoms with E-state index in [2.05, 4.69) is 23.8 Å². The lowest BCUT2D eigenvalue weighted by Gasteiger charge is -2.11. The summed E-state index contributed by atoms with van der Waals surface area (Å²) in [5.74, 6) is 0. The summed E-state index contributed by atoms with van der Waals surface area (Å²) in [5, 5.41) is 3.42. The largest absolute Gasteiger partial charge is 0.309 e. The fourth-order valence-corrected chi connectivity index (χ4v) is 1.25. The Morgan fingerprint density at radius 3 is 3.07 bits per heavy atom. The lowest BCUT2D eigenvalue weighted by molar-refractivity contribution is 0.513. The van der Waals surface area contributed by atoms with Gasteiger partial charge < -0.3 is 5.32 Å². The van der Waals surface area contributed by atoms with Crippen molar-refractivity contribution in [2.24, 2.45) is 0 Å². The number of hydrogen-bond acceptors (Lipinski definition) is 2. The average molecular weight is 190 g/mol. The Morgan fingerprint density at radius 1 is 1.57 bits per heavy atom. The SMILES string of the molecule is C=CCC[C@@H](C)NCc1ccccn1. The van der Waals surface area contributed by atoms with E-state index in [-0.39, 0.29) is 0 Å². The van der Waals surface area contributed by atoms with Crippen LogP contribution >= 0.6 is 0 Å². The fraction of sp³-hybridized carbons (Fsp3) is 0.417. The molecule has 0 aliphatic rings. The Kier molecular flexibility index (Phi) is 4.94. The third-order valence-corrected chi connectivity index (χ3v) is 2.16. The van der Waals surface area contributed by atoms with Gasteiger partial charge in [-0.1, -0.05) is 12.1 Å². The number of hydrogen-bond donors (Lipinski definition) is 1. The topological polar surface area (TPSA) is 24.9 Å². The van der Waals surface area contributed by atoms with E-state index in [0.717, 1.165) is 25.1 Å². The first kappa shape index (κ1) is 10.9. The molecule has 0 bridgehead atoms. The molecule has 1 atom stereocenters. The molecule has 0 aliphatic heterocycles. The fourth-order valence-electron chi connectivity index (χ4n) is 1.25. The van der Waals surface area contributed by atoms with Crippen LogP contribution in [0.1, 0.15) is 25.5 Å². The summed E-state index contributed by atoms with van der Waals surface area (Å²) in [6.07, 6.45) is 5.98. The van der Waals surface area contributed by atoms with Crippen molar-refractivity contribution in [1.82, 2.24) is 10.3 Å². The summed E-state index contributed by atoms with van der Waals surface area (Å²) in [6.45, 7) is 6.74. The monoisotopic (exact) mass is 190 g/mol. The van der Waals surface area contributed by atoms with Gasteiger partial charge in [-0.25, -0.2) is 0 Å². The van der Waals surface area contributed by atoms with E-state index in [4.69, 9.17) is 0 Å². The molecule has 0 saturated heterocycles. The number of nitrogens with one attached hydrogen (secondary N) is 1. The van der Waals surface area contributed by atoms with Crippen molar-refractivity contribution in [3.63, 3.8) is 0 Å². The van der Waals surface area contributed by atoms with Gasteiger partial charge in [0, 0.05) is 18.8 Å². The van der Waals surface area contributed by atoms with Crippen LogP contribution in [0.5, 0.6) is 0 Å². The normalized spacial score (nSPS) is 12.4. The molecule has 0 amide bonds. The van der Waals surface area contributed by atoms with Crippen molar-refractivity contribution in [3.8, 4) is 0 Å². The molecule has 1 heterocycles. The van der Waals surface area contributed by atoms with Gasteiger partial charge in [0.05, 0.1) is 5.69 Å². The quantitative estimate of drug-likeness (QED) is 0.697. The van der Waals surface area contributed by atoms with Gasteiger partial charge in [0.2, 0.25) is 0 Å². The van der Waals surface area contributed by atoms with Gasteiger partial charge in [0.25, 0.3) is 0 Å². The first-order valence-electron chi connectivity index (χ1n) is 5.07. The predicted molar refractivity (Wildman–Crippen MR) is 60.0 cm³/mol. The smallest absolute Gasteiger partial charge is 0.0541 e. The highest BCUT2D eigenvalue weighted by Crippen LogP contribution is 1.99. The highest BCUT2D eigenvalue weighted by Gasteiger charge is 1.99. The zero-order valence-corrected chi connectivity index (χ0v) is 8.74. The molecular weight excluding hydrogens is 172 g/mol. The Balaban J connectivity index is 2.23. The average Bonchev–Trinajstić information content (AvgIpc) is 2.25. The van der Waals surface area contributed by atoms with Crippen LogP contribution in [0.25, 0.3) is 0 Å². The maximum Gasteiger partial charge on any atom is 0.0541 e. The van der Waals surface area contributed by atoms with Gasteiger partial charge >= 0.3 is 0 Å². The lowest BCUT2D eigenvalue weighted by Crippen LogP contribution is -2.25. The van der Waals surface area contributed by atoms with Crippen molar-refractivity contribution in [1.29, 1.82) is 0 Å². The summed E-state index contributed by atoms with van der Waals surface area (Å²) in [4.78, 5) is 4.25. The Morgan fingerprint density at radius 2 is 2.43 bits per heavy atom. The van der Waals surface area contributed by atoms with Crippen LogP contribution in [0.4, 0.5) is 0 Å². The van der Waals surface area contributed by atoms with Crippen LogP contribution in [0.3, 0.4) is 0 Å². The summed E-state index contributed by atoms with van der Waals surface area (Å²) >= 11 is 0. The van der Waals surface area contributed by atoms with Crippen LogP contribution in [0.15, 0.2) is 37.1 Å². The molecule has 1 N–H and O–H groups in total. The van der Waals surface area contributed by atoms with Crippen molar-refractivity contribution in [2.75, 3.05) is 0 Å². The van der Waals surface area contributed by atoms with Gasteiger partial charge in [0.15, 0.2) is 0 Å². The highest BCUT2D eigenvalue weighted by atomic mass is 14.9. The van der Waals surface area contributed by atoms with Crippen LogP contribution in [0, 0.1) is 0 Å². The Labute approximate surface area is 86.1 Å². The summed E-state index contributed by atoms with van der Waals surface area (Å²) in [5.41, 5.74) is 1.10. The molecule has 2 heteroatoms. The molecular formula is C12H18N2. The molecule has 0 aromatic carbocycles. The Bertz CT molecular complexity index is 256. The molecule has 1 aromatic rings. The minimum atomic E-state index is 0.523. The minimum Gasteiger partial charge on any atom is -0.309 e. The van der Waals surface area contributed by atoms with Crippen molar-refractivity contribution >= 4 is 0 Å². The van der Waals surface area contributed by atoms with Crippen LogP contribution in [-0.4, -0.2) is 11.0 Å². The van der Waals surface area contributed by atoms with Crippen molar-refractivity contribution in [2.45, 2.75) is 32.4 Å². The number of allylic oxidation sites excluding steroid dienone is 1. The molecule has 1 rings (SSSR count). The molecule has 2 nitrogen and oxygen atoms in total. The van der Waals surface area contributed by atoms with Gasteiger partial charge in [-0.3, -0.25) is 4.98 Å². The number of pyridine rings is 1. The second-order valence-corrected chi connectivity index (χ2v) is 3.47. The third-order valence-electron chi connectivity index (χ3n) is 2.16. The van der Waals surface area contributed by atoms with Gasteiger partial charge in [0.1, 0.15) is 0 Å². The van der Waals surface area contributed by atoms with Gasteiger partial charge in [-0.15, -0.1) is 6.58 Å². The standard InChI is InChI=1S/C12H18N2/c1-3-4-7-11(2)14-10-12-8-5-6-9-13-12/h3,5-6,8-9,11,14H,1,4,7,10H2,2H3/t11-/m1/s1. The molecule has 0 spiro atoms. The van der Waals surface area contributed by atoms with E-state index in [1.54, 1.807) is 0 Å². The maximum atomic E-state index is 4.25. The summed E-state index contributed by atoms with van der Waals surface area (Å²) < 4.78 is 0. The molecule has 0 aliphatic carbocycles. The first-order chi connectivity index (χ1) is 6.83. The lowest BCUT2D eigenvalue weighted by atomic mass is 10.2. The molecule has 0 radical (unpaired) electrons. The molecule has 0 saturated carbocycles. The number of rotatable bonds is 6. The summed E-state index contributed by atoms with van der Waals surface area (Å²) in [6, 6.07) is 6.51. The second-order valence-electron chi connectivity index (χ2n) is 3.47. The Hall–Kier alpha value is -1.15. The molecule has 1 aromatic heterocycles. The summed E-state index contributed by atoms with van der Waals surface area (Å²) in [7, 11) is 0. The highest BCUT2D eigenvalue weighted by molar-refractivity contribution is 5.03. The predicted octanol–water partition coefficient (Wildman–Crippen LogP) is 2.53. The number of aromatic nitrogens is 1. The first-order valence-corrected chi connectivity index (χ1v) is 5.07. The zero-order valence-electron chi connectivity index (χ0n) is 8.74. The minimum absolute atomic E-state index is 0.523. The van der Waals surface area contributed by atoms with E-state index in [0.29, 0.717) is 6.04 Å². The number of nitrogens with zero attached hydrogens (tertiary/aromatic N) is 1. The van der Waals surface area contributed by atoms with E-state index in [1.165, 1.54) is 0 Å². The van der Waals surface area contributed by atoms with Crippen LogP contribution < -0.4 is 5.32 Å². The zero-order chi connectivity index (χ0) is 10.2. The third kappa shape index (κ3) is 4.19. The van der Waals surface area contributed by atoms with Gasteiger partial charge in [-0.05, 0) is 31.9 Å². The van der Waals surface area contributed by atoms with Gasteiger partial charge in [-0.2, -0.15) is 0 Å².